The molecule has 0 unspecified atom stereocenters. The van der Waals surface area contributed by atoms with E-state index in [9.17, 15) is 48.6 Å². The second kappa shape index (κ2) is 19.7. The molecule has 3 aromatic rings. The fourth-order valence-corrected chi connectivity index (χ4v) is 6.11. The van der Waals surface area contributed by atoms with Gasteiger partial charge in [-0.25, -0.2) is 0 Å². The van der Waals surface area contributed by atoms with Crippen molar-refractivity contribution in [2.45, 2.75) is 62.3 Å². The van der Waals surface area contributed by atoms with Gasteiger partial charge in [-0.3, -0.25) is 38.4 Å². The monoisotopic (exact) mass is 764 g/mol. The second-order valence-corrected chi connectivity index (χ2v) is 12.9. The number of nitrogens with zero attached hydrogens (tertiary/aromatic N) is 1. The van der Waals surface area contributed by atoms with E-state index in [1.165, 1.54) is 0 Å². The number of likely N-dealkylation sites (tertiary alicyclic amines) is 1. The Morgan fingerprint density at radius 1 is 0.782 bits per heavy atom. The molecule has 1 saturated heterocycles. The molecule has 2 aromatic carbocycles. The fourth-order valence-electron chi connectivity index (χ4n) is 6.11. The summed E-state index contributed by atoms with van der Waals surface area (Å²) in [6.45, 7) is -2.16. The van der Waals surface area contributed by atoms with Crippen molar-refractivity contribution in [3.8, 4) is 0 Å². The zero-order valence-corrected chi connectivity index (χ0v) is 29.7. The number of aromatic nitrogens is 1. The third kappa shape index (κ3) is 11.8. The molecule has 294 valence electrons. The molecule has 1 aliphatic rings. The summed E-state index contributed by atoms with van der Waals surface area (Å²) in [7, 11) is 0. The number of hydrogen-bond acceptors (Lipinski definition) is 10. The van der Waals surface area contributed by atoms with Crippen LogP contribution >= 0.6 is 0 Å². The van der Waals surface area contributed by atoms with Crippen LogP contribution in [0.3, 0.4) is 0 Å². The molecule has 6 amide bonds. The van der Waals surface area contributed by atoms with Crippen LogP contribution in [0.15, 0.2) is 60.8 Å². The number of amides is 6. The summed E-state index contributed by atoms with van der Waals surface area (Å²) in [4.78, 5) is 106. The van der Waals surface area contributed by atoms with E-state index in [1.807, 2.05) is 6.07 Å². The summed E-state index contributed by atoms with van der Waals surface area (Å²) in [5.41, 5.74) is 8.14. The summed E-state index contributed by atoms with van der Waals surface area (Å²) >= 11 is 0. The summed E-state index contributed by atoms with van der Waals surface area (Å²) in [6.07, 6.45) is 1.26. The zero-order chi connectivity index (χ0) is 40.1. The molecule has 2 heterocycles. The largest absolute Gasteiger partial charge is 0.481 e. The molecule has 19 nitrogen and oxygen atoms in total. The Labute approximate surface area is 314 Å². The Balaban J connectivity index is 1.46. The van der Waals surface area contributed by atoms with Gasteiger partial charge >= 0.3 is 11.9 Å². The maximum Gasteiger partial charge on any atom is 0.322 e. The molecule has 4 rings (SSSR count). The van der Waals surface area contributed by atoms with Gasteiger partial charge in [0.25, 0.3) is 0 Å². The number of nitrogens with one attached hydrogen (secondary N) is 6. The molecule has 0 bridgehead atoms. The van der Waals surface area contributed by atoms with Gasteiger partial charge in [-0.05, 0) is 36.5 Å². The number of aliphatic hydroxyl groups is 1. The number of aromatic amines is 1. The number of fused-ring (bicyclic) bond motifs is 1. The Bertz CT molecular complexity index is 1890. The van der Waals surface area contributed by atoms with Gasteiger partial charge in [0.15, 0.2) is 0 Å². The van der Waals surface area contributed by atoms with Gasteiger partial charge in [-0.15, -0.1) is 0 Å². The Kier molecular flexibility index (Phi) is 14.8. The van der Waals surface area contributed by atoms with Crippen LogP contribution < -0.4 is 32.3 Å². The van der Waals surface area contributed by atoms with Crippen LogP contribution in [0.25, 0.3) is 10.9 Å². The molecule has 0 radical (unpaired) electrons. The number of para-hydroxylation sites is 1. The smallest absolute Gasteiger partial charge is 0.322 e. The molecule has 0 aliphatic carbocycles. The lowest BCUT2D eigenvalue weighted by atomic mass is 10.0. The summed E-state index contributed by atoms with van der Waals surface area (Å²) < 4.78 is 0. The maximum atomic E-state index is 13.8. The van der Waals surface area contributed by atoms with E-state index in [2.05, 4.69) is 31.6 Å². The quantitative estimate of drug-likeness (QED) is 0.0607. The van der Waals surface area contributed by atoms with Crippen molar-refractivity contribution in [2.24, 2.45) is 5.73 Å². The van der Waals surface area contributed by atoms with Crippen LogP contribution in [0.5, 0.6) is 0 Å². The number of H-pyrrole nitrogens is 1. The first kappa shape index (κ1) is 41.4. The summed E-state index contributed by atoms with van der Waals surface area (Å²) in [6, 6.07) is 9.14. The van der Waals surface area contributed by atoms with E-state index in [1.54, 1.807) is 54.7 Å². The first-order valence-corrected chi connectivity index (χ1v) is 17.4. The molecular formula is C36H44N8O11. The van der Waals surface area contributed by atoms with Crippen molar-refractivity contribution < 1.29 is 53.7 Å². The average molecular weight is 765 g/mol. The lowest BCUT2D eigenvalue weighted by Gasteiger charge is -2.30. The molecule has 1 aromatic heterocycles. The van der Waals surface area contributed by atoms with Gasteiger partial charge in [0.1, 0.15) is 30.7 Å². The number of hydrogen-bond donors (Lipinski definition) is 10. The number of rotatable bonds is 19. The first-order chi connectivity index (χ1) is 26.3. The summed E-state index contributed by atoms with van der Waals surface area (Å²) in [5.74, 6) is -7.85. The van der Waals surface area contributed by atoms with Gasteiger partial charge in [-0.2, -0.15) is 0 Å². The highest BCUT2D eigenvalue weighted by atomic mass is 16.4. The summed E-state index contributed by atoms with van der Waals surface area (Å²) in [5, 5.41) is 40.8. The Morgan fingerprint density at radius 2 is 1.47 bits per heavy atom. The minimum Gasteiger partial charge on any atom is -0.481 e. The fraction of sp³-hybridized carbons (Fsp3) is 0.389. The van der Waals surface area contributed by atoms with E-state index in [0.717, 1.165) is 21.4 Å². The van der Waals surface area contributed by atoms with Crippen molar-refractivity contribution in [1.29, 1.82) is 0 Å². The number of carboxylic acid groups (broad SMARTS) is 2. The number of carboxylic acids is 2. The molecule has 1 fully saturated rings. The van der Waals surface area contributed by atoms with Crippen molar-refractivity contribution in [1.82, 2.24) is 36.5 Å². The van der Waals surface area contributed by atoms with Crippen molar-refractivity contribution >= 4 is 58.3 Å². The normalized spacial score (nSPS) is 15.9. The molecule has 0 spiro atoms. The number of aliphatic carboxylic acids is 2. The Morgan fingerprint density at radius 3 is 2.16 bits per heavy atom. The van der Waals surface area contributed by atoms with Crippen molar-refractivity contribution in [3.05, 3.63) is 71.9 Å². The van der Waals surface area contributed by atoms with Crippen LogP contribution in [-0.4, -0.2) is 129 Å². The first-order valence-electron chi connectivity index (χ1n) is 17.4. The third-order valence-electron chi connectivity index (χ3n) is 8.87. The van der Waals surface area contributed by atoms with Crippen LogP contribution in [-0.2, 0) is 51.2 Å². The average Bonchev–Trinajstić information content (AvgIpc) is 3.82. The van der Waals surface area contributed by atoms with E-state index < -0.39 is 104 Å². The van der Waals surface area contributed by atoms with Gasteiger partial charge < -0.3 is 57.5 Å². The number of aliphatic hydroxyl groups excluding tert-OH is 1. The molecule has 0 saturated carbocycles. The van der Waals surface area contributed by atoms with Gasteiger partial charge in [0, 0.05) is 30.1 Å². The lowest BCUT2D eigenvalue weighted by molar-refractivity contribution is -0.146. The highest BCUT2D eigenvalue weighted by Gasteiger charge is 2.40. The molecule has 5 atom stereocenters. The van der Waals surface area contributed by atoms with Crippen LogP contribution in [0.2, 0.25) is 0 Å². The minimum absolute atomic E-state index is 0.000470. The molecule has 55 heavy (non-hydrogen) atoms. The predicted octanol–water partition coefficient (Wildman–Crippen LogP) is -2.49. The second-order valence-electron chi connectivity index (χ2n) is 12.9. The van der Waals surface area contributed by atoms with Crippen molar-refractivity contribution in [3.63, 3.8) is 0 Å². The topological polar surface area (TPSA) is 302 Å². The maximum absolute atomic E-state index is 13.8. The van der Waals surface area contributed by atoms with E-state index in [-0.39, 0.29) is 25.8 Å². The van der Waals surface area contributed by atoms with Crippen LogP contribution in [0.4, 0.5) is 0 Å². The third-order valence-corrected chi connectivity index (χ3v) is 8.87. The van der Waals surface area contributed by atoms with Gasteiger partial charge in [0.2, 0.25) is 35.4 Å². The number of carbonyl (C=O) groups is 8. The predicted molar refractivity (Wildman–Crippen MR) is 194 cm³/mol. The SMILES string of the molecule is N[C@@H](Cc1ccccc1)C(=O)N[C@@H](CO)C(=O)N[C@@H](CC(=O)O)C(=O)N1CCC[C@H]1C(=O)N[C@@H](Cc1c[nH]c2ccccc12)C(=O)NCC(=O)NCC(=O)O. The van der Waals surface area contributed by atoms with Crippen LogP contribution in [0.1, 0.15) is 30.4 Å². The van der Waals surface area contributed by atoms with E-state index in [0.29, 0.717) is 12.0 Å². The highest BCUT2D eigenvalue weighted by Crippen LogP contribution is 2.22. The number of nitrogens with two attached hydrogens (primary N) is 1. The molecule has 19 heteroatoms. The number of benzene rings is 2. The van der Waals surface area contributed by atoms with Gasteiger partial charge in [0.05, 0.1) is 25.6 Å². The van der Waals surface area contributed by atoms with Crippen LogP contribution in [0, 0.1) is 0 Å². The minimum atomic E-state index is -1.71. The molecule has 1 aliphatic heterocycles. The number of carbonyl (C=O) groups excluding carboxylic acids is 6. The molecular weight excluding hydrogens is 720 g/mol. The van der Waals surface area contributed by atoms with Gasteiger partial charge in [-0.1, -0.05) is 48.5 Å². The van der Waals surface area contributed by atoms with Crippen molar-refractivity contribution in [2.75, 3.05) is 26.2 Å². The molecule has 11 N–H and O–H groups in total. The Hall–Kier alpha value is -6.34. The lowest BCUT2D eigenvalue weighted by Crippen LogP contribution is -2.59. The zero-order valence-electron chi connectivity index (χ0n) is 29.7. The highest BCUT2D eigenvalue weighted by molar-refractivity contribution is 5.98. The van der Waals surface area contributed by atoms with E-state index >= 15 is 0 Å². The standard InChI is InChI=1S/C36H44N8O11/c37-23(13-20-7-2-1-3-8-20)32(51)43-27(19-45)34(53)42-26(15-30(47)48)36(55)44-12-6-11-28(44)35(54)41-25(33(52)40-17-29(46)39-18-31(49)50)14-21-16-38-24-10-5-4-9-22(21)24/h1-5,7-10,16,23,25-28,38,45H,6,11-15,17-19,37H2,(H,39,46)(H,40,52)(H,41,54)(H,42,53)(H,43,51)(H,47,48)(H,49,50)/t23-,25-,26-,27-,28-/m0/s1. The van der Waals surface area contributed by atoms with E-state index in [4.69, 9.17) is 10.8 Å².